The molecule has 23 heavy (non-hydrogen) atoms. The highest BCUT2D eigenvalue weighted by atomic mass is 32.2. The summed E-state index contributed by atoms with van der Waals surface area (Å²) >= 11 is 0. The van der Waals surface area contributed by atoms with E-state index >= 15 is 0 Å². The molecule has 0 aliphatic heterocycles. The predicted octanol–water partition coefficient (Wildman–Crippen LogP) is 3.63. The molecule has 0 unspecified atom stereocenters. The van der Waals surface area contributed by atoms with Gasteiger partial charge in [-0.05, 0) is 43.3 Å². The third-order valence-corrected chi connectivity index (χ3v) is 3.82. The van der Waals surface area contributed by atoms with E-state index in [0.717, 1.165) is 17.7 Å². The molecule has 0 amide bonds. The van der Waals surface area contributed by atoms with E-state index in [-0.39, 0.29) is 10.6 Å². The lowest BCUT2D eigenvalue weighted by atomic mass is 10.2. The van der Waals surface area contributed by atoms with Gasteiger partial charge in [0, 0.05) is 0 Å². The normalized spacial score (nSPS) is 12.0. The lowest BCUT2D eigenvalue weighted by Gasteiger charge is -2.10. The third kappa shape index (κ3) is 5.15. The number of aryl methyl sites for hydroxylation is 1. The van der Waals surface area contributed by atoms with Crippen molar-refractivity contribution in [1.29, 1.82) is 0 Å². The molecular formula is C14H12F3NO4S. The van der Waals surface area contributed by atoms with Crippen LogP contribution in [0.4, 0.5) is 18.9 Å². The number of alkyl halides is 3. The number of halogens is 3. The molecule has 124 valence electrons. The van der Waals surface area contributed by atoms with Gasteiger partial charge in [-0.3, -0.25) is 0 Å². The zero-order valence-corrected chi connectivity index (χ0v) is 12.6. The molecule has 0 fully saturated rings. The van der Waals surface area contributed by atoms with Gasteiger partial charge in [-0.15, -0.1) is 17.5 Å². The van der Waals surface area contributed by atoms with Gasteiger partial charge in [0.05, 0.1) is 10.6 Å². The molecule has 0 atom stereocenters. The van der Waals surface area contributed by atoms with E-state index in [2.05, 4.69) is 14.5 Å². The summed E-state index contributed by atoms with van der Waals surface area (Å²) in [6.07, 6.45) is -4.79. The smallest absolute Gasteiger partial charge is 0.406 e. The standard InChI is InChI=1S/C14H12F3NO4S/c1-10-2-8-13(9-3-10)23(19,20)22-18-11-4-6-12(7-5-11)21-14(15,16)17/h2-9,18H,1H3. The van der Waals surface area contributed by atoms with Crippen molar-refractivity contribution < 1.29 is 30.6 Å². The minimum Gasteiger partial charge on any atom is -0.406 e. The maximum atomic E-state index is 12.0. The molecule has 0 saturated heterocycles. The predicted molar refractivity (Wildman–Crippen MR) is 76.2 cm³/mol. The van der Waals surface area contributed by atoms with Crippen LogP contribution in [0, 0.1) is 6.92 Å². The zero-order valence-electron chi connectivity index (χ0n) is 11.8. The molecule has 1 N–H and O–H groups in total. The van der Waals surface area contributed by atoms with Crippen LogP contribution in [0.1, 0.15) is 5.56 Å². The SMILES string of the molecule is Cc1ccc(S(=O)(=O)ONc2ccc(OC(F)(F)F)cc2)cc1. The van der Waals surface area contributed by atoms with Gasteiger partial charge < -0.3 is 4.74 Å². The van der Waals surface area contributed by atoms with Crippen LogP contribution in [0.15, 0.2) is 53.4 Å². The number of nitrogens with one attached hydrogen (secondary N) is 1. The molecule has 5 nitrogen and oxygen atoms in total. The average molecular weight is 347 g/mol. The van der Waals surface area contributed by atoms with Gasteiger partial charge in [-0.25, -0.2) is 5.48 Å². The second-order valence-corrected chi connectivity index (χ2v) is 6.07. The van der Waals surface area contributed by atoms with E-state index in [1.807, 2.05) is 0 Å². The van der Waals surface area contributed by atoms with Crippen molar-refractivity contribution in [1.82, 2.24) is 0 Å². The second-order valence-electron chi connectivity index (χ2n) is 4.52. The molecule has 0 heterocycles. The van der Waals surface area contributed by atoms with E-state index in [4.69, 9.17) is 0 Å². The van der Waals surface area contributed by atoms with E-state index < -0.39 is 22.2 Å². The largest absolute Gasteiger partial charge is 0.573 e. The number of hydrogen-bond donors (Lipinski definition) is 1. The first-order chi connectivity index (χ1) is 10.7. The topological polar surface area (TPSA) is 64.6 Å². The molecule has 0 aliphatic carbocycles. The molecule has 0 aliphatic rings. The van der Waals surface area contributed by atoms with Crippen molar-refractivity contribution in [2.24, 2.45) is 0 Å². The Morgan fingerprint density at radius 3 is 2.04 bits per heavy atom. The van der Waals surface area contributed by atoms with Crippen molar-refractivity contribution in [3.05, 3.63) is 54.1 Å². The van der Waals surface area contributed by atoms with Gasteiger partial charge in [0.1, 0.15) is 5.75 Å². The molecule has 9 heteroatoms. The van der Waals surface area contributed by atoms with Crippen molar-refractivity contribution in [3.8, 4) is 5.75 Å². The fourth-order valence-corrected chi connectivity index (χ4v) is 2.35. The summed E-state index contributed by atoms with van der Waals surface area (Å²) < 4.78 is 68.2. The van der Waals surface area contributed by atoms with E-state index in [1.165, 1.54) is 24.3 Å². The monoisotopic (exact) mass is 347 g/mol. The van der Waals surface area contributed by atoms with Crippen LogP contribution in [-0.4, -0.2) is 14.8 Å². The first kappa shape index (κ1) is 17.1. The van der Waals surface area contributed by atoms with Crippen molar-refractivity contribution in [2.75, 3.05) is 5.48 Å². The summed E-state index contributed by atoms with van der Waals surface area (Å²) in [7, 11) is -4.04. The summed E-state index contributed by atoms with van der Waals surface area (Å²) in [6.45, 7) is 1.81. The Balaban J connectivity index is 2.01. The van der Waals surface area contributed by atoms with Crippen LogP contribution in [0.25, 0.3) is 0 Å². The number of hydrogen-bond acceptors (Lipinski definition) is 5. The van der Waals surface area contributed by atoms with Crippen molar-refractivity contribution >= 4 is 15.8 Å². The van der Waals surface area contributed by atoms with Gasteiger partial charge in [0.2, 0.25) is 0 Å². The number of rotatable bonds is 5. The summed E-state index contributed by atoms with van der Waals surface area (Å²) in [5.74, 6) is -0.426. The molecule has 0 saturated carbocycles. The van der Waals surface area contributed by atoms with Crippen molar-refractivity contribution in [2.45, 2.75) is 18.2 Å². The van der Waals surface area contributed by atoms with Crippen LogP contribution >= 0.6 is 0 Å². The molecule has 2 aromatic rings. The van der Waals surface area contributed by atoms with Crippen molar-refractivity contribution in [3.63, 3.8) is 0 Å². The lowest BCUT2D eigenvalue weighted by molar-refractivity contribution is -0.274. The maximum absolute atomic E-state index is 12.0. The molecule has 0 radical (unpaired) electrons. The van der Waals surface area contributed by atoms with Gasteiger partial charge in [0.15, 0.2) is 0 Å². The fourth-order valence-electron chi connectivity index (χ4n) is 1.58. The molecule has 2 aromatic carbocycles. The zero-order chi connectivity index (χ0) is 17.1. The molecule has 0 aromatic heterocycles. The Bertz CT molecular complexity index is 756. The first-order valence-electron chi connectivity index (χ1n) is 6.28. The Kier molecular flexibility index (Phi) is 4.81. The van der Waals surface area contributed by atoms with Crippen LogP contribution in [0.5, 0.6) is 5.75 Å². The van der Waals surface area contributed by atoms with Crippen LogP contribution < -0.4 is 10.2 Å². The summed E-state index contributed by atoms with van der Waals surface area (Å²) in [6, 6.07) is 10.4. The Morgan fingerprint density at radius 2 is 1.52 bits per heavy atom. The Hall–Kier alpha value is -2.26. The van der Waals surface area contributed by atoms with E-state index in [0.29, 0.717) is 0 Å². The third-order valence-electron chi connectivity index (χ3n) is 2.67. The average Bonchev–Trinajstić information content (AvgIpc) is 2.45. The van der Waals surface area contributed by atoms with Crippen LogP contribution in [-0.2, 0) is 14.4 Å². The van der Waals surface area contributed by atoms with Gasteiger partial charge in [-0.1, -0.05) is 17.7 Å². The number of benzene rings is 2. The molecular weight excluding hydrogens is 335 g/mol. The minimum atomic E-state index is -4.79. The Labute approximate surface area is 130 Å². The highest BCUT2D eigenvalue weighted by molar-refractivity contribution is 7.86. The first-order valence-corrected chi connectivity index (χ1v) is 7.68. The van der Waals surface area contributed by atoms with Gasteiger partial charge in [-0.2, -0.15) is 8.42 Å². The molecule has 0 bridgehead atoms. The number of ether oxygens (including phenoxy) is 1. The minimum absolute atomic E-state index is 0.0485. The summed E-state index contributed by atoms with van der Waals surface area (Å²) in [4.78, 5) is -0.0485. The van der Waals surface area contributed by atoms with E-state index in [1.54, 1.807) is 19.1 Å². The summed E-state index contributed by atoms with van der Waals surface area (Å²) in [5.41, 5.74) is 3.20. The summed E-state index contributed by atoms with van der Waals surface area (Å²) in [5, 5.41) is 0. The molecule has 0 spiro atoms. The highest BCUT2D eigenvalue weighted by Crippen LogP contribution is 2.24. The highest BCUT2D eigenvalue weighted by Gasteiger charge is 2.30. The quantitative estimate of drug-likeness (QED) is 0.837. The Morgan fingerprint density at radius 1 is 0.957 bits per heavy atom. The van der Waals surface area contributed by atoms with Gasteiger partial charge in [0.25, 0.3) is 0 Å². The molecule has 2 rings (SSSR count). The lowest BCUT2D eigenvalue weighted by Crippen LogP contribution is -2.17. The maximum Gasteiger partial charge on any atom is 0.573 e. The number of anilines is 1. The fraction of sp³-hybridized carbons (Fsp3) is 0.143. The van der Waals surface area contributed by atoms with E-state index in [9.17, 15) is 21.6 Å². The van der Waals surface area contributed by atoms with Crippen LogP contribution in [0.2, 0.25) is 0 Å². The second kappa shape index (κ2) is 6.47. The van der Waals surface area contributed by atoms with Gasteiger partial charge >= 0.3 is 16.5 Å². The van der Waals surface area contributed by atoms with Crippen LogP contribution in [0.3, 0.4) is 0 Å².